The third-order valence-electron chi connectivity index (χ3n) is 3.14. The first-order chi connectivity index (χ1) is 8.85. The maximum atomic E-state index is 11.9. The van der Waals surface area contributed by atoms with Crippen molar-refractivity contribution >= 4 is 5.97 Å². The average molecular weight is 274 g/mol. The summed E-state index contributed by atoms with van der Waals surface area (Å²) in [6.45, 7) is 8.56. The van der Waals surface area contributed by atoms with Gasteiger partial charge in [0.25, 0.3) is 0 Å². The zero-order valence-corrected chi connectivity index (χ0v) is 13.3. The van der Waals surface area contributed by atoms with Gasteiger partial charge in [0.2, 0.25) is 0 Å². The molecule has 0 radical (unpaired) electrons. The van der Waals surface area contributed by atoms with E-state index in [-0.39, 0.29) is 12.0 Å². The van der Waals surface area contributed by atoms with Gasteiger partial charge < -0.3 is 14.4 Å². The lowest BCUT2D eigenvalue weighted by molar-refractivity contribution is -0.148. The lowest BCUT2D eigenvalue weighted by Crippen LogP contribution is -2.53. The number of hydrogen-bond acceptors (Lipinski definition) is 5. The third kappa shape index (κ3) is 7.50. The van der Waals surface area contributed by atoms with Crippen LogP contribution >= 0.6 is 0 Å². The second kappa shape index (κ2) is 9.28. The van der Waals surface area contributed by atoms with E-state index in [9.17, 15) is 4.79 Å². The van der Waals surface area contributed by atoms with Gasteiger partial charge in [-0.05, 0) is 47.2 Å². The van der Waals surface area contributed by atoms with Crippen molar-refractivity contribution in [3.63, 3.8) is 0 Å². The molecule has 5 nitrogen and oxygen atoms in total. The smallest absolute Gasteiger partial charge is 0.325 e. The molecule has 114 valence electrons. The fraction of sp³-hybridized carbons (Fsp3) is 0.929. The highest BCUT2D eigenvalue weighted by Gasteiger charge is 2.34. The number of likely N-dealkylation sites (N-methyl/N-ethyl adjacent to an activating group) is 1. The Morgan fingerprint density at radius 1 is 1.32 bits per heavy atom. The molecule has 0 rings (SSSR count). The predicted molar refractivity (Wildman–Crippen MR) is 77.3 cm³/mol. The Morgan fingerprint density at radius 2 is 1.95 bits per heavy atom. The van der Waals surface area contributed by atoms with Crippen LogP contribution in [0, 0.1) is 0 Å². The highest BCUT2D eigenvalue weighted by atomic mass is 16.5. The molecule has 1 N–H and O–H groups in total. The number of rotatable bonds is 10. The summed E-state index contributed by atoms with van der Waals surface area (Å²) in [6.07, 6.45) is 1.70. The van der Waals surface area contributed by atoms with Gasteiger partial charge in [-0.2, -0.15) is 0 Å². The molecule has 5 heteroatoms. The molecule has 1 unspecified atom stereocenters. The van der Waals surface area contributed by atoms with Crippen LogP contribution < -0.4 is 5.32 Å². The Bertz CT molecular complexity index is 259. The van der Waals surface area contributed by atoms with Crippen molar-refractivity contribution in [1.82, 2.24) is 10.2 Å². The summed E-state index contributed by atoms with van der Waals surface area (Å²) in [5.74, 6) is -0.194. The molecule has 0 fully saturated rings. The molecule has 0 aromatic carbocycles. The molecule has 0 saturated carbocycles. The second-order valence-electron chi connectivity index (χ2n) is 5.52. The van der Waals surface area contributed by atoms with Gasteiger partial charge >= 0.3 is 5.97 Å². The minimum atomic E-state index is -0.606. The van der Waals surface area contributed by atoms with Crippen molar-refractivity contribution in [3.8, 4) is 0 Å². The van der Waals surface area contributed by atoms with Gasteiger partial charge in [-0.25, -0.2) is 0 Å². The quantitative estimate of drug-likeness (QED) is 0.608. The standard InChI is InChI=1S/C14H30N2O3/c1-12(2)15-14(3,13(17)19-6)8-7-9-16(4)10-11-18-5/h12,15H,7-11H2,1-6H3. The summed E-state index contributed by atoms with van der Waals surface area (Å²) < 4.78 is 9.94. The Labute approximate surface area is 117 Å². The number of esters is 1. The van der Waals surface area contributed by atoms with Gasteiger partial charge in [-0.3, -0.25) is 10.1 Å². The number of hydrogen-bond donors (Lipinski definition) is 1. The first-order valence-corrected chi connectivity index (χ1v) is 6.89. The van der Waals surface area contributed by atoms with E-state index in [1.54, 1.807) is 7.11 Å². The molecule has 0 aliphatic rings. The molecule has 1 atom stereocenters. The fourth-order valence-electron chi connectivity index (χ4n) is 2.16. The summed E-state index contributed by atoms with van der Waals surface area (Å²) in [7, 11) is 5.20. The molecule has 0 spiro atoms. The summed E-state index contributed by atoms with van der Waals surface area (Å²) in [5, 5.41) is 3.31. The van der Waals surface area contributed by atoms with Gasteiger partial charge in [0.05, 0.1) is 13.7 Å². The highest BCUT2D eigenvalue weighted by molar-refractivity contribution is 5.80. The second-order valence-corrected chi connectivity index (χ2v) is 5.52. The van der Waals surface area contributed by atoms with Crippen LogP contribution in [0.5, 0.6) is 0 Å². The largest absolute Gasteiger partial charge is 0.468 e. The molecule has 0 saturated heterocycles. The summed E-state index contributed by atoms with van der Waals surface area (Å²) in [5.41, 5.74) is -0.606. The van der Waals surface area contributed by atoms with Crippen LogP contribution in [0.1, 0.15) is 33.6 Å². The number of nitrogens with zero attached hydrogens (tertiary/aromatic N) is 1. The van der Waals surface area contributed by atoms with Crippen LogP contribution in [-0.4, -0.2) is 63.4 Å². The van der Waals surface area contributed by atoms with E-state index in [1.807, 2.05) is 20.8 Å². The third-order valence-corrected chi connectivity index (χ3v) is 3.14. The Kier molecular flexibility index (Phi) is 8.97. The summed E-state index contributed by atoms with van der Waals surface area (Å²) in [6, 6.07) is 0.246. The monoisotopic (exact) mass is 274 g/mol. The fourth-order valence-corrected chi connectivity index (χ4v) is 2.16. The number of carbonyl (C=O) groups excluding carboxylic acids is 1. The van der Waals surface area contributed by atoms with E-state index in [2.05, 4.69) is 17.3 Å². The molecular weight excluding hydrogens is 244 g/mol. The Balaban J connectivity index is 4.23. The number of ether oxygens (including phenoxy) is 2. The van der Waals surface area contributed by atoms with Crippen LogP contribution in [0.4, 0.5) is 0 Å². The van der Waals surface area contributed by atoms with Crippen LogP contribution in [-0.2, 0) is 14.3 Å². The predicted octanol–water partition coefficient (Wildman–Crippen LogP) is 1.27. The van der Waals surface area contributed by atoms with Gasteiger partial charge in [0, 0.05) is 19.7 Å². The normalized spacial score (nSPS) is 14.7. The van der Waals surface area contributed by atoms with Crippen molar-refractivity contribution in [2.75, 3.05) is 41.0 Å². The summed E-state index contributed by atoms with van der Waals surface area (Å²) in [4.78, 5) is 14.1. The molecule has 19 heavy (non-hydrogen) atoms. The van der Waals surface area contributed by atoms with E-state index in [0.717, 1.165) is 32.5 Å². The Hall–Kier alpha value is -0.650. The number of carbonyl (C=O) groups is 1. The molecule has 0 aromatic heterocycles. The molecule has 0 amide bonds. The number of methoxy groups -OCH3 is 2. The lowest BCUT2D eigenvalue weighted by Gasteiger charge is -2.30. The van der Waals surface area contributed by atoms with E-state index in [0.29, 0.717) is 0 Å². The van der Waals surface area contributed by atoms with Crippen molar-refractivity contribution < 1.29 is 14.3 Å². The van der Waals surface area contributed by atoms with Crippen LogP contribution in [0.15, 0.2) is 0 Å². The van der Waals surface area contributed by atoms with Crippen molar-refractivity contribution in [2.24, 2.45) is 0 Å². The average Bonchev–Trinajstić information content (AvgIpc) is 2.34. The first-order valence-electron chi connectivity index (χ1n) is 6.89. The number of nitrogens with one attached hydrogen (secondary N) is 1. The molecule has 0 bridgehead atoms. The van der Waals surface area contributed by atoms with Crippen LogP contribution in [0.3, 0.4) is 0 Å². The lowest BCUT2D eigenvalue weighted by atomic mass is 9.94. The summed E-state index contributed by atoms with van der Waals surface area (Å²) >= 11 is 0. The van der Waals surface area contributed by atoms with E-state index in [4.69, 9.17) is 9.47 Å². The minimum Gasteiger partial charge on any atom is -0.468 e. The SMILES string of the molecule is COCCN(C)CCCC(C)(NC(C)C)C(=O)OC. The molecular formula is C14H30N2O3. The topological polar surface area (TPSA) is 50.8 Å². The van der Waals surface area contributed by atoms with E-state index >= 15 is 0 Å². The molecule has 0 aliphatic carbocycles. The maximum Gasteiger partial charge on any atom is 0.325 e. The van der Waals surface area contributed by atoms with Crippen molar-refractivity contribution in [1.29, 1.82) is 0 Å². The van der Waals surface area contributed by atoms with Crippen molar-refractivity contribution in [2.45, 2.75) is 45.2 Å². The highest BCUT2D eigenvalue weighted by Crippen LogP contribution is 2.16. The van der Waals surface area contributed by atoms with Crippen molar-refractivity contribution in [3.05, 3.63) is 0 Å². The zero-order chi connectivity index (χ0) is 14.9. The maximum absolute atomic E-state index is 11.9. The molecule has 0 aromatic rings. The van der Waals surface area contributed by atoms with Crippen LogP contribution in [0.2, 0.25) is 0 Å². The molecule has 0 aliphatic heterocycles. The minimum absolute atomic E-state index is 0.194. The molecule has 0 heterocycles. The van der Waals surface area contributed by atoms with E-state index < -0.39 is 5.54 Å². The first kappa shape index (κ1) is 18.4. The van der Waals surface area contributed by atoms with Gasteiger partial charge in [0.1, 0.15) is 5.54 Å². The van der Waals surface area contributed by atoms with Gasteiger partial charge in [-0.1, -0.05) is 0 Å². The van der Waals surface area contributed by atoms with Gasteiger partial charge in [-0.15, -0.1) is 0 Å². The zero-order valence-electron chi connectivity index (χ0n) is 13.3. The van der Waals surface area contributed by atoms with Gasteiger partial charge in [0.15, 0.2) is 0 Å². The van der Waals surface area contributed by atoms with E-state index in [1.165, 1.54) is 7.11 Å². The van der Waals surface area contributed by atoms with Crippen LogP contribution in [0.25, 0.3) is 0 Å². The Morgan fingerprint density at radius 3 is 2.42 bits per heavy atom.